The lowest BCUT2D eigenvalue weighted by molar-refractivity contribution is -0.0662. The van der Waals surface area contributed by atoms with Gasteiger partial charge in [0.15, 0.2) is 0 Å². The zero-order valence-corrected chi connectivity index (χ0v) is 24.6. The molecule has 2 aromatic rings. The number of aromatic nitrogens is 2. The summed E-state index contributed by atoms with van der Waals surface area (Å²) in [6.07, 6.45) is 21.8. The normalized spacial score (nSPS) is 29.8. The molecule has 2 fully saturated rings. The number of nitrogens with zero attached hydrogens (tertiary/aromatic N) is 4. The summed E-state index contributed by atoms with van der Waals surface area (Å²) in [5.41, 5.74) is 5.46. The van der Waals surface area contributed by atoms with Gasteiger partial charge in [-0.25, -0.2) is 4.98 Å². The van der Waals surface area contributed by atoms with Gasteiger partial charge in [0.2, 0.25) is 0 Å². The number of dihydropyridines is 1. The molecule has 1 aromatic carbocycles. The molecule has 5 nitrogen and oxygen atoms in total. The van der Waals surface area contributed by atoms with E-state index in [2.05, 4.69) is 67.0 Å². The van der Waals surface area contributed by atoms with Crippen molar-refractivity contribution in [2.24, 2.45) is 40.2 Å². The molecule has 3 aliphatic rings. The maximum absolute atomic E-state index is 12.6. The zero-order valence-electron chi connectivity index (χ0n) is 24.6. The Hall–Kier alpha value is -3.23. The first-order chi connectivity index (χ1) is 19.4. The third-order valence-electron chi connectivity index (χ3n) is 10.1. The zero-order chi connectivity index (χ0) is 28.3. The monoisotopic (exact) mass is 536 g/mol. The van der Waals surface area contributed by atoms with Gasteiger partial charge in [0, 0.05) is 49.0 Å². The molecule has 0 bridgehead atoms. The number of terminal acetylenes is 1. The highest BCUT2D eigenvalue weighted by Crippen LogP contribution is 2.65. The van der Waals surface area contributed by atoms with Crippen molar-refractivity contribution in [2.45, 2.75) is 83.8 Å². The molecule has 40 heavy (non-hydrogen) atoms. The van der Waals surface area contributed by atoms with Crippen LogP contribution in [-0.2, 0) is 12.6 Å². The highest BCUT2D eigenvalue weighted by molar-refractivity contribution is 6.25. The van der Waals surface area contributed by atoms with Crippen LogP contribution >= 0.6 is 0 Å². The summed E-state index contributed by atoms with van der Waals surface area (Å²) < 4.78 is 1.98. The quantitative estimate of drug-likeness (QED) is 0.273. The molecule has 5 heteroatoms. The lowest BCUT2D eigenvalue weighted by atomic mass is 9.49. The van der Waals surface area contributed by atoms with Crippen LogP contribution < -0.4 is 0 Å². The lowest BCUT2D eigenvalue weighted by Crippen LogP contribution is -2.52. The predicted molar refractivity (Wildman–Crippen MR) is 165 cm³/mol. The molecule has 1 spiro atoms. The van der Waals surface area contributed by atoms with Crippen LogP contribution in [0, 0.1) is 35.5 Å². The van der Waals surface area contributed by atoms with Gasteiger partial charge >= 0.3 is 0 Å². The second-order valence-corrected chi connectivity index (χ2v) is 12.0. The summed E-state index contributed by atoms with van der Waals surface area (Å²) in [5, 5.41) is 12.6. The van der Waals surface area contributed by atoms with E-state index in [1.165, 1.54) is 29.7 Å². The molecule has 5 rings (SSSR count). The van der Waals surface area contributed by atoms with E-state index in [1.54, 1.807) is 24.3 Å². The van der Waals surface area contributed by atoms with E-state index >= 15 is 0 Å². The molecule has 210 valence electrons. The number of rotatable bonds is 9. The van der Waals surface area contributed by atoms with Gasteiger partial charge in [0.25, 0.3) is 0 Å². The van der Waals surface area contributed by atoms with Crippen LogP contribution in [0.5, 0.6) is 0 Å². The molecule has 1 N–H and O–H groups in total. The molecule has 1 aromatic heterocycles. The molecule has 6 atom stereocenters. The van der Waals surface area contributed by atoms with E-state index in [-0.39, 0.29) is 17.4 Å². The summed E-state index contributed by atoms with van der Waals surface area (Å²) in [4.78, 5) is 14.3. The van der Waals surface area contributed by atoms with Gasteiger partial charge < -0.3 is 9.67 Å². The van der Waals surface area contributed by atoms with E-state index < -0.39 is 5.60 Å². The Morgan fingerprint density at radius 3 is 2.65 bits per heavy atom. The molecule has 2 aliphatic carbocycles. The van der Waals surface area contributed by atoms with Crippen molar-refractivity contribution in [2.75, 3.05) is 0 Å². The summed E-state index contributed by atoms with van der Waals surface area (Å²) in [7, 11) is 1.98. The minimum atomic E-state index is -1.05. The maximum atomic E-state index is 12.6. The van der Waals surface area contributed by atoms with Gasteiger partial charge in [-0.15, -0.1) is 12.3 Å². The second-order valence-electron chi connectivity index (χ2n) is 12.0. The summed E-state index contributed by atoms with van der Waals surface area (Å²) in [5.74, 6) is 3.45. The van der Waals surface area contributed by atoms with Crippen LogP contribution in [0.3, 0.4) is 0 Å². The van der Waals surface area contributed by atoms with Gasteiger partial charge in [0.05, 0.1) is 24.3 Å². The van der Waals surface area contributed by atoms with Crippen LogP contribution in [0.4, 0.5) is 0 Å². The van der Waals surface area contributed by atoms with E-state index in [0.29, 0.717) is 24.7 Å². The largest absolute Gasteiger partial charge is 0.383 e. The fourth-order valence-electron chi connectivity index (χ4n) is 8.18. The highest BCUT2D eigenvalue weighted by Gasteiger charge is 2.60. The molecule has 2 saturated carbocycles. The first-order valence-electron chi connectivity index (χ1n) is 15.1. The van der Waals surface area contributed by atoms with E-state index in [9.17, 15) is 5.11 Å². The van der Waals surface area contributed by atoms with Crippen LogP contribution in [0.2, 0.25) is 0 Å². The Morgan fingerprint density at radius 2 is 2.02 bits per heavy atom. The first kappa shape index (κ1) is 28.3. The van der Waals surface area contributed by atoms with Crippen molar-refractivity contribution in [3.63, 3.8) is 0 Å². The molecule has 6 unspecified atom stereocenters. The van der Waals surface area contributed by atoms with Crippen molar-refractivity contribution in [1.29, 1.82) is 0 Å². The average Bonchev–Trinajstić information content (AvgIpc) is 3.37. The van der Waals surface area contributed by atoms with E-state index in [4.69, 9.17) is 11.4 Å². The maximum Gasteiger partial charge on any atom is 0.113 e. The summed E-state index contributed by atoms with van der Waals surface area (Å²) in [6.45, 7) is 6.91. The molecule has 0 saturated heterocycles. The van der Waals surface area contributed by atoms with Gasteiger partial charge in [-0.3, -0.25) is 9.98 Å². The van der Waals surface area contributed by atoms with E-state index in [0.717, 1.165) is 31.4 Å². The van der Waals surface area contributed by atoms with Crippen LogP contribution in [0.25, 0.3) is 5.57 Å². The summed E-state index contributed by atoms with van der Waals surface area (Å²) >= 11 is 0. The van der Waals surface area contributed by atoms with Crippen molar-refractivity contribution < 1.29 is 5.11 Å². The van der Waals surface area contributed by atoms with Gasteiger partial charge in [-0.05, 0) is 61.8 Å². The number of hydrogen-bond donors (Lipinski definition) is 1. The van der Waals surface area contributed by atoms with Gasteiger partial charge in [-0.1, -0.05) is 62.8 Å². The van der Waals surface area contributed by atoms with E-state index in [1.807, 2.05) is 23.9 Å². The van der Waals surface area contributed by atoms with Crippen LogP contribution in [0.15, 0.2) is 70.7 Å². The molecule has 0 amide bonds. The fraction of sp³-hybridized carbons (Fsp3) is 0.514. The standard InChI is InChI=1S/C35H44N4O/c1-6-9-19-36-20-13-17-35(40,32-23-37-24-39(32)5)29-22-27-16-18-34(27)28(7-2)33(26-14-11-10-12-15-26)30(8-3)38-31(34)21-25(29)4/h1,10-15,19-20,23-25,27,29,31,40H,7-9,16-18,21-22H2,2-5H3. The third kappa shape index (κ3) is 4.71. The third-order valence-corrected chi connectivity index (χ3v) is 10.1. The minimum Gasteiger partial charge on any atom is -0.383 e. The smallest absolute Gasteiger partial charge is 0.113 e. The number of imidazole rings is 1. The second kappa shape index (κ2) is 11.7. The van der Waals surface area contributed by atoms with Gasteiger partial charge in [0.1, 0.15) is 5.60 Å². The lowest BCUT2D eigenvalue weighted by Gasteiger charge is -2.57. The number of allylic oxidation sites excluding steroid dienone is 1. The minimum absolute atomic E-state index is 0.0774. The topological polar surface area (TPSA) is 62.8 Å². The predicted octanol–water partition coefficient (Wildman–Crippen LogP) is 7.15. The molecular weight excluding hydrogens is 492 g/mol. The van der Waals surface area contributed by atoms with Crippen LogP contribution in [-0.4, -0.2) is 32.6 Å². The average molecular weight is 537 g/mol. The number of aryl methyl sites for hydroxylation is 1. The Morgan fingerprint density at radius 1 is 1.23 bits per heavy atom. The molecule has 1 aliphatic heterocycles. The van der Waals surface area contributed by atoms with Crippen LogP contribution in [0.1, 0.15) is 83.4 Å². The highest BCUT2D eigenvalue weighted by atomic mass is 16.3. The Labute approximate surface area is 240 Å². The SMILES string of the molecule is C#CCC=NC=CCC(O)(c1cncn1C)C1CC2CCC23C(CC)=C(c2ccccc2)C(CC)=NC3CC1C. The first-order valence-corrected chi connectivity index (χ1v) is 15.1. The number of aliphatic imine (C=N–C) groups is 2. The van der Waals surface area contributed by atoms with Gasteiger partial charge in [-0.2, -0.15) is 0 Å². The number of aliphatic hydroxyl groups is 1. The molecule has 2 heterocycles. The Balaban J connectivity index is 1.56. The van der Waals surface area contributed by atoms with Crippen molar-refractivity contribution in [1.82, 2.24) is 9.55 Å². The fourth-order valence-corrected chi connectivity index (χ4v) is 8.18. The molecular formula is C35H44N4O. The Kier molecular flexibility index (Phi) is 8.29. The van der Waals surface area contributed by atoms with Crippen molar-refractivity contribution >= 4 is 17.5 Å². The summed E-state index contributed by atoms with van der Waals surface area (Å²) in [6, 6.07) is 11.2. The number of hydrogen-bond acceptors (Lipinski definition) is 4. The molecule has 0 radical (unpaired) electrons. The number of benzene rings is 1. The van der Waals surface area contributed by atoms with Crippen molar-refractivity contribution in [3.8, 4) is 12.3 Å². The Bertz CT molecular complexity index is 1360. The van der Waals surface area contributed by atoms with Crippen molar-refractivity contribution in [3.05, 3.63) is 72.0 Å².